The molecule has 24 heavy (non-hydrogen) atoms. The molecular formula is C19H23F2NO2. The van der Waals surface area contributed by atoms with Crippen LogP contribution in [0.1, 0.15) is 36.3 Å². The summed E-state index contributed by atoms with van der Waals surface area (Å²) in [6.45, 7) is 2.53. The fourth-order valence-electron chi connectivity index (χ4n) is 3.46. The van der Waals surface area contributed by atoms with Crippen molar-refractivity contribution >= 4 is 0 Å². The average molecular weight is 335 g/mol. The first-order chi connectivity index (χ1) is 11.7. The Morgan fingerprint density at radius 3 is 2.58 bits per heavy atom. The molecule has 0 bridgehead atoms. The van der Waals surface area contributed by atoms with Crippen LogP contribution in [0.25, 0.3) is 0 Å². The SMILES string of the molecule is OCc1ccc(CN2CCC[C@@H](CCc3c(F)cccc3F)C2)o1. The van der Waals surface area contributed by atoms with Crippen molar-refractivity contribution in [2.75, 3.05) is 13.1 Å². The van der Waals surface area contributed by atoms with E-state index in [1.807, 2.05) is 6.07 Å². The summed E-state index contributed by atoms with van der Waals surface area (Å²) in [4.78, 5) is 2.31. The van der Waals surface area contributed by atoms with Gasteiger partial charge in [-0.3, -0.25) is 4.90 Å². The van der Waals surface area contributed by atoms with Crippen LogP contribution in [0.2, 0.25) is 0 Å². The van der Waals surface area contributed by atoms with Gasteiger partial charge >= 0.3 is 0 Å². The maximum atomic E-state index is 13.7. The zero-order valence-corrected chi connectivity index (χ0v) is 13.7. The Balaban J connectivity index is 1.53. The van der Waals surface area contributed by atoms with Crippen LogP contribution in [-0.2, 0) is 19.6 Å². The first-order valence-electron chi connectivity index (χ1n) is 8.49. The molecule has 130 valence electrons. The van der Waals surface area contributed by atoms with E-state index in [9.17, 15) is 8.78 Å². The molecule has 5 heteroatoms. The molecule has 0 spiro atoms. The van der Waals surface area contributed by atoms with E-state index < -0.39 is 11.6 Å². The lowest BCUT2D eigenvalue weighted by Gasteiger charge is -2.32. The molecule has 1 N–H and O–H groups in total. The highest BCUT2D eigenvalue weighted by molar-refractivity contribution is 5.19. The summed E-state index contributed by atoms with van der Waals surface area (Å²) in [5.74, 6) is 0.961. The molecule has 1 fully saturated rings. The number of likely N-dealkylation sites (tertiary alicyclic amines) is 1. The van der Waals surface area contributed by atoms with E-state index in [1.54, 1.807) is 6.07 Å². The van der Waals surface area contributed by atoms with Gasteiger partial charge in [-0.15, -0.1) is 0 Å². The third-order valence-corrected chi connectivity index (χ3v) is 4.72. The maximum Gasteiger partial charge on any atom is 0.129 e. The van der Waals surface area contributed by atoms with Crippen LogP contribution in [0.4, 0.5) is 8.78 Å². The van der Waals surface area contributed by atoms with E-state index in [0.29, 0.717) is 24.6 Å². The standard InChI is InChI=1S/C19H23F2NO2/c20-18-4-1-5-19(21)17(18)9-6-14-3-2-10-22(11-14)12-15-7-8-16(13-23)24-15/h1,4-5,7-8,14,23H,2-3,6,9-13H2/t14-/m0/s1. The normalized spacial score (nSPS) is 18.9. The van der Waals surface area contributed by atoms with Crippen LogP contribution in [0.5, 0.6) is 0 Å². The fraction of sp³-hybridized carbons (Fsp3) is 0.474. The molecule has 0 amide bonds. The van der Waals surface area contributed by atoms with Crippen LogP contribution in [0.3, 0.4) is 0 Å². The first kappa shape index (κ1) is 17.1. The molecule has 0 radical (unpaired) electrons. The number of rotatable bonds is 6. The number of halogens is 2. The van der Waals surface area contributed by atoms with E-state index in [-0.39, 0.29) is 12.2 Å². The molecule has 0 aliphatic carbocycles. The van der Waals surface area contributed by atoms with Gasteiger partial charge in [0.05, 0.1) is 6.54 Å². The number of furan rings is 1. The Morgan fingerprint density at radius 1 is 1.12 bits per heavy atom. The topological polar surface area (TPSA) is 36.6 Å². The van der Waals surface area contributed by atoms with Crippen molar-refractivity contribution in [3.05, 3.63) is 59.1 Å². The lowest BCUT2D eigenvalue weighted by molar-refractivity contribution is 0.148. The molecule has 2 aromatic rings. The van der Waals surface area contributed by atoms with Crippen LogP contribution < -0.4 is 0 Å². The van der Waals surface area contributed by atoms with Gasteiger partial charge in [0.25, 0.3) is 0 Å². The highest BCUT2D eigenvalue weighted by Crippen LogP contribution is 2.25. The number of piperidine rings is 1. The Morgan fingerprint density at radius 2 is 1.88 bits per heavy atom. The third-order valence-electron chi connectivity index (χ3n) is 4.72. The van der Waals surface area contributed by atoms with E-state index in [4.69, 9.17) is 9.52 Å². The van der Waals surface area contributed by atoms with Gasteiger partial charge in [-0.2, -0.15) is 0 Å². The van der Waals surface area contributed by atoms with E-state index >= 15 is 0 Å². The predicted molar refractivity (Wildman–Crippen MR) is 87.3 cm³/mol. The zero-order chi connectivity index (χ0) is 16.9. The summed E-state index contributed by atoms with van der Waals surface area (Å²) in [6, 6.07) is 7.73. The molecular weight excluding hydrogens is 312 g/mol. The van der Waals surface area contributed by atoms with Crippen LogP contribution in [0, 0.1) is 17.6 Å². The first-order valence-corrected chi connectivity index (χ1v) is 8.49. The molecule has 0 saturated carbocycles. The van der Waals surface area contributed by atoms with Crippen molar-refractivity contribution in [3.63, 3.8) is 0 Å². The van der Waals surface area contributed by atoms with Crippen molar-refractivity contribution in [2.24, 2.45) is 5.92 Å². The Kier molecular flexibility index (Phi) is 5.63. The Hall–Kier alpha value is -1.72. The predicted octanol–water partition coefficient (Wildman–Crippen LogP) is 3.89. The van der Waals surface area contributed by atoms with E-state index in [1.165, 1.54) is 18.2 Å². The maximum absolute atomic E-state index is 13.7. The van der Waals surface area contributed by atoms with Crippen LogP contribution in [-0.4, -0.2) is 23.1 Å². The zero-order valence-electron chi connectivity index (χ0n) is 13.7. The quantitative estimate of drug-likeness (QED) is 0.870. The Bertz CT molecular complexity index is 651. The summed E-state index contributed by atoms with van der Waals surface area (Å²) >= 11 is 0. The molecule has 1 aliphatic heterocycles. The number of benzene rings is 1. The Labute approximate surface area is 140 Å². The molecule has 3 rings (SSSR count). The highest BCUT2D eigenvalue weighted by Gasteiger charge is 2.21. The van der Waals surface area contributed by atoms with Gasteiger partial charge in [-0.05, 0) is 62.4 Å². The van der Waals surface area contributed by atoms with E-state index in [2.05, 4.69) is 4.90 Å². The second-order valence-electron chi connectivity index (χ2n) is 6.51. The third kappa shape index (κ3) is 4.22. The summed E-state index contributed by atoms with van der Waals surface area (Å²) in [7, 11) is 0. The largest absolute Gasteiger partial charge is 0.462 e. The monoisotopic (exact) mass is 335 g/mol. The van der Waals surface area contributed by atoms with Gasteiger partial charge in [0.2, 0.25) is 0 Å². The summed E-state index contributed by atoms with van der Waals surface area (Å²) < 4.78 is 33.0. The van der Waals surface area contributed by atoms with Crippen molar-refractivity contribution in [2.45, 2.75) is 38.8 Å². The number of hydrogen-bond acceptors (Lipinski definition) is 3. The minimum absolute atomic E-state index is 0.0865. The van der Waals surface area contributed by atoms with Crippen LogP contribution in [0.15, 0.2) is 34.7 Å². The number of hydrogen-bond donors (Lipinski definition) is 1. The average Bonchev–Trinajstić information content (AvgIpc) is 3.02. The van der Waals surface area contributed by atoms with Gasteiger partial charge in [0, 0.05) is 12.1 Å². The van der Waals surface area contributed by atoms with Gasteiger partial charge in [0.15, 0.2) is 0 Å². The summed E-state index contributed by atoms with van der Waals surface area (Å²) in [6.07, 6.45) is 3.39. The number of aliphatic hydroxyl groups excluding tert-OH is 1. The minimum atomic E-state index is -0.449. The molecule has 3 nitrogen and oxygen atoms in total. The lowest BCUT2D eigenvalue weighted by Crippen LogP contribution is -2.35. The molecule has 1 aromatic carbocycles. The highest BCUT2D eigenvalue weighted by atomic mass is 19.1. The molecule has 0 unspecified atom stereocenters. The molecule has 1 aromatic heterocycles. The van der Waals surface area contributed by atoms with Crippen LogP contribution >= 0.6 is 0 Å². The van der Waals surface area contributed by atoms with Gasteiger partial charge in [0.1, 0.15) is 29.8 Å². The summed E-state index contributed by atoms with van der Waals surface area (Å²) in [5, 5.41) is 9.05. The van der Waals surface area contributed by atoms with Gasteiger partial charge in [-0.25, -0.2) is 8.78 Å². The van der Waals surface area contributed by atoms with Crippen molar-refractivity contribution in [1.29, 1.82) is 0 Å². The second kappa shape index (κ2) is 7.90. The van der Waals surface area contributed by atoms with Crippen molar-refractivity contribution in [3.8, 4) is 0 Å². The number of nitrogens with zero attached hydrogens (tertiary/aromatic N) is 1. The smallest absolute Gasteiger partial charge is 0.129 e. The summed E-state index contributed by atoms with van der Waals surface area (Å²) in [5.41, 5.74) is 0.202. The molecule has 1 saturated heterocycles. The van der Waals surface area contributed by atoms with Gasteiger partial charge in [-0.1, -0.05) is 6.07 Å². The number of aliphatic hydroxyl groups is 1. The van der Waals surface area contributed by atoms with E-state index in [0.717, 1.165) is 38.1 Å². The second-order valence-corrected chi connectivity index (χ2v) is 6.51. The molecule has 2 heterocycles. The van der Waals surface area contributed by atoms with Gasteiger partial charge < -0.3 is 9.52 Å². The fourth-order valence-corrected chi connectivity index (χ4v) is 3.46. The van der Waals surface area contributed by atoms with Crippen molar-refractivity contribution in [1.82, 2.24) is 4.90 Å². The van der Waals surface area contributed by atoms with Crippen molar-refractivity contribution < 1.29 is 18.3 Å². The lowest BCUT2D eigenvalue weighted by atomic mass is 9.91. The molecule has 1 atom stereocenters. The minimum Gasteiger partial charge on any atom is -0.462 e. The molecule has 1 aliphatic rings.